The normalized spacial score (nSPS) is 10.2. The van der Waals surface area contributed by atoms with Crippen molar-refractivity contribution in [1.29, 1.82) is 0 Å². The van der Waals surface area contributed by atoms with Crippen molar-refractivity contribution in [2.75, 3.05) is 11.1 Å². The molecule has 0 aliphatic rings. The van der Waals surface area contributed by atoms with Gasteiger partial charge in [0.05, 0.1) is 11.3 Å². The number of halogens is 2. The molecule has 2 aromatic rings. The molecule has 6 heteroatoms. The lowest BCUT2D eigenvalue weighted by Crippen LogP contribution is -2.13. The number of aromatic hydroxyl groups is 1. The summed E-state index contributed by atoms with van der Waals surface area (Å²) < 4.78 is 26.4. The number of carbonyl (C=O) groups excluding carboxylic acids is 1. The van der Waals surface area contributed by atoms with E-state index in [-0.39, 0.29) is 22.7 Å². The zero-order chi connectivity index (χ0) is 14.0. The van der Waals surface area contributed by atoms with Crippen molar-refractivity contribution < 1.29 is 18.7 Å². The fourth-order valence-electron chi connectivity index (χ4n) is 1.51. The van der Waals surface area contributed by atoms with Crippen LogP contribution < -0.4 is 11.1 Å². The first kappa shape index (κ1) is 12.8. The molecule has 0 aliphatic heterocycles. The fourth-order valence-corrected chi connectivity index (χ4v) is 1.51. The van der Waals surface area contributed by atoms with Gasteiger partial charge >= 0.3 is 0 Å². The summed E-state index contributed by atoms with van der Waals surface area (Å²) in [5, 5.41) is 11.4. The summed E-state index contributed by atoms with van der Waals surface area (Å²) in [6.45, 7) is 0. The van der Waals surface area contributed by atoms with E-state index in [4.69, 9.17) is 10.8 Å². The van der Waals surface area contributed by atoms with Crippen LogP contribution in [0.4, 0.5) is 20.2 Å². The van der Waals surface area contributed by atoms with Crippen LogP contribution >= 0.6 is 0 Å². The Morgan fingerprint density at radius 3 is 2.47 bits per heavy atom. The van der Waals surface area contributed by atoms with Gasteiger partial charge in [-0.3, -0.25) is 4.79 Å². The maximum absolute atomic E-state index is 13.4. The van der Waals surface area contributed by atoms with Crippen LogP contribution in [-0.2, 0) is 0 Å². The Morgan fingerprint density at radius 1 is 1.11 bits per heavy atom. The lowest BCUT2D eigenvalue weighted by atomic mass is 10.2. The van der Waals surface area contributed by atoms with Crippen molar-refractivity contribution in [3.8, 4) is 5.75 Å². The summed E-state index contributed by atoms with van der Waals surface area (Å²) in [6.07, 6.45) is 0. The number of rotatable bonds is 2. The number of phenols is 1. The highest BCUT2D eigenvalue weighted by Crippen LogP contribution is 2.19. The standard InChI is InChI=1S/C13H10F2N2O2/c14-10-4-1-7(5-12(10)16)17-13(19)9-3-2-8(18)6-11(9)15/h1-6,18H,16H2,(H,17,19). The molecule has 0 fully saturated rings. The molecule has 4 nitrogen and oxygen atoms in total. The summed E-state index contributed by atoms with van der Waals surface area (Å²) in [5.41, 5.74) is 5.24. The van der Waals surface area contributed by atoms with Crippen molar-refractivity contribution in [3.05, 3.63) is 53.6 Å². The summed E-state index contributed by atoms with van der Waals surface area (Å²) in [6, 6.07) is 6.80. The van der Waals surface area contributed by atoms with E-state index in [0.29, 0.717) is 0 Å². The Labute approximate surface area is 107 Å². The SMILES string of the molecule is Nc1cc(NC(=O)c2ccc(O)cc2F)ccc1F. The number of nitrogens with two attached hydrogens (primary N) is 1. The van der Waals surface area contributed by atoms with Gasteiger partial charge in [-0.2, -0.15) is 0 Å². The van der Waals surface area contributed by atoms with Crippen molar-refractivity contribution >= 4 is 17.3 Å². The first-order valence-electron chi connectivity index (χ1n) is 5.32. The van der Waals surface area contributed by atoms with Gasteiger partial charge < -0.3 is 16.2 Å². The van der Waals surface area contributed by atoms with Crippen LogP contribution in [0, 0.1) is 11.6 Å². The Balaban J connectivity index is 2.23. The number of phenolic OH excluding ortho intramolecular Hbond substituents is 1. The maximum atomic E-state index is 13.4. The maximum Gasteiger partial charge on any atom is 0.258 e. The van der Waals surface area contributed by atoms with E-state index in [0.717, 1.165) is 18.2 Å². The molecule has 2 rings (SSSR count). The molecule has 4 N–H and O–H groups in total. The van der Waals surface area contributed by atoms with Gasteiger partial charge in [0.2, 0.25) is 0 Å². The van der Waals surface area contributed by atoms with Gasteiger partial charge in [-0.1, -0.05) is 0 Å². The number of anilines is 2. The summed E-state index contributed by atoms with van der Waals surface area (Å²) in [5.74, 6) is -2.45. The Morgan fingerprint density at radius 2 is 1.84 bits per heavy atom. The molecule has 98 valence electrons. The lowest BCUT2D eigenvalue weighted by molar-refractivity contribution is 0.102. The van der Waals surface area contributed by atoms with Gasteiger partial charge in [0.25, 0.3) is 5.91 Å². The van der Waals surface area contributed by atoms with Crippen LogP contribution in [0.3, 0.4) is 0 Å². The minimum absolute atomic E-state index is 0.121. The third-order valence-corrected chi connectivity index (χ3v) is 2.45. The second-order valence-corrected chi connectivity index (χ2v) is 3.85. The second-order valence-electron chi connectivity index (χ2n) is 3.85. The number of benzene rings is 2. The predicted octanol–water partition coefficient (Wildman–Crippen LogP) is 2.50. The monoisotopic (exact) mass is 264 g/mol. The van der Waals surface area contributed by atoms with E-state index in [9.17, 15) is 13.6 Å². The quantitative estimate of drug-likeness (QED) is 0.729. The van der Waals surface area contributed by atoms with E-state index in [1.807, 2.05) is 0 Å². The van der Waals surface area contributed by atoms with Crippen molar-refractivity contribution in [2.24, 2.45) is 0 Å². The largest absolute Gasteiger partial charge is 0.508 e. The number of hydrogen-bond donors (Lipinski definition) is 3. The Kier molecular flexibility index (Phi) is 3.33. The molecule has 0 saturated heterocycles. The molecule has 0 atom stereocenters. The summed E-state index contributed by atoms with van der Waals surface area (Å²) in [4.78, 5) is 11.8. The molecular formula is C13H10F2N2O2. The molecule has 0 spiro atoms. The molecule has 1 amide bonds. The minimum atomic E-state index is -0.854. The number of nitrogen functional groups attached to an aromatic ring is 1. The van der Waals surface area contributed by atoms with Gasteiger partial charge in [-0.15, -0.1) is 0 Å². The summed E-state index contributed by atoms with van der Waals surface area (Å²) >= 11 is 0. The van der Waals surface area contributed by atoms with E-state index >= 15 is 0 Å². The topological polar surface area (TPSA) is 75.3 Å². The van der Waals surface area contributed by atoms with Crippen molar-refractivity contribution in [3.63, 3.8) is 0 Å². The van der Waals surface area contributed by atoms with Crippen molar-refractivity contribution in [1.82, 2.24) is 0 Å². The molecule has 0 aromatic heterocycles. The first-order valence-corrected chi connectivity index (χ1v) is 5.32. The smallest absolute Gasteiger partial charge is 0.258 e. The molecular weight excluding hydrogens is 254 g/mol. The zero-order valence-electron chi connectivity index (χ0n) is 9.65. The summed E-state index contributed by atoms with van der Waals surface area (Å²) in [7, 11) is 0. The van der Waals surface area contributed by atoms with Crippen LogP contribution in [0.2, 0.25) is 0 Å². The number of nitrogens with one attached hydrogen (secondary N) is 1. The minimum Gasteiger partial charge on any atom is -0.508 e. The zero-order valence-corrected chi connectivity index (χ0v) is 9.65. The molecule has 0 bridgehead atoms. The third kappa shape index (κ3) is 2.79. The van der Waals surface area contributed by atoms with E-state index in [1.54, 1.807) is 0 Å². The number of hydrogen-bond acceptors (Lipinski definition) is 3. The van der Waals surface area contributed by atoms with Gasteiger partial charge in [0, 0.05) is 11.8 Å². The van der Waals surface area contributed by atoms with Gasteiger partial charge in [-0.25, -0.2) is 8.78 Å². The van der Waals surface area contributed by atoms with Crippen LogP contribution in [0.15, 0.2) is 36.4 Å². The number of amides is 1. The molecule has 0 radical (unpaired) electrons. The molecule has 2 aromatic carbocycles. The highest BCUT2D eigenvalue weighted by Gasteiger charge is 2.13. The Bertz CT molecular complexity index is 645. The highest BCUT2D eigenvalue weighted by atomic mass is 19.1. The average molecular weight is 264 g/mol. The molecule has 0 heterocycles. The van der Waals surface area contributed by atoms with E-state index < -0.39 is 17.5 Å². The average Bonchev–Trinajstić information content (AvgIpc) is 2.33. The van der Waals surface area contributed by atoms with Gasteiger partial charge in [0.15, 0.2) is 0 Å². The fraction of sp³-hybridized carbons (Fsp3) is 0. The third-order valence-electron chi connectivity index (χ3n) is 2.45. The van der Waals surface area contributed by atoms with Crippen LogP contribution in [-0.4, -0.2) is 11.0 Å². The van der Waals surface area contributed by atoms with Crippen molar-refractivity contribution in [2.45, 2.75) is 0 Å². The number of carbonyl (C=O) groups is 1. The van der Waals surface area contributed by atoms with Crippen LogP contribution in [0.25, 0.3) is 0 Å². The van der Waals surface area contributed by atoms with Gasteiger partial charge in [0.1, 0.15) is 17.4 Å². The second kappa shape index (κ2) is 4.93. The molecule has 19 heavy (non-hydrogen) atoms. The first-order chi connectivity index (χ1) is 8.97. The van der Waals surface area contributed by atoms with Crippen LogP contribution in [0.1, 0.15) is 10.4 Å². The predicted molar refractivity (Wildman–Crippen MR) is 66.8 cm³/mol. The van der Waals surface area contributed by atoms with Gasteiger partial charge in [-0.05, 0) is 30.3 Å². The molecule has 0 unspecified atom stereocenters. The molecule has 0 aliphatic carbocycles. The van der Waals surface area contributed by atoms with E-state index in [2.05, 4.69) is 5.32 Å². The molecule has 0 saturated carbocycles. The van der Waals surface area contributed by atoms with Crippen LogP contribution in [0.5, 0.6) is 5.75 Å². The Hall–Kier alpha value is -2.63. The lowest BCUT2D eigenvalue weighted by Gasteiger charge is -2.07. The highest BCUT2D eigenvalue weighted by molar-refractivity contribution is 6.04. The van der Waals surface area contributed by atoms with E-state index in [1.165, 1.54) is 18.2 Å².